The van der Waals surface area contributed by atoms with Crippen molar-refractivity contribution in [2.75, 3.05) is 6.54 Å². The normalized spacial score (nSPS) is 11.1. The summed E-state index contributed by atoms with van der Waals surface area (Å²) >= 11 is 3.07. The smallest absolute Gasteiger partial charge is 0.335 e. The Morgan fingerprint density at radius 1 is 1.42 bits per heavy atom. The van der Waals surface area contributed by atoms with E-state index in [2.05, 4.69) is 20.7 Å². The van der Waals surface area contributed by atoms with Crippen molar-refractivity contribution < 1.29 is 18.3 Å². The van der Waals surface area contributed by atoms with Gasteiger partial charge in [-0.3, -0.25) is 0 Å². The summed E-state index contributed by atoms with van der Waals surface area (Å²) < 4.78 is 26.6. The molecule has 2 N–H and O–H groups in total. The van der Waals surface area contributed by atoms with E-state index in [4.69, 9.17) is 5.11 Å². The predicted octanol–water partition coefficient (Wildman–Crippen LogP) is 2.39. The lowest BCUT2D eigenvalue weighted by atomic mass is 10.2. The molecule has 0 unspecified atom stereocenters. The lowest BCUT2D eigenvalue weighted by molar-refractivity contribution is 0.0696. The molecule has 0 aliphatic heterocycles. The third-order valence-corrected chi connectivity index (χ3v) is 4.65. The van der Waals surface area contributed by atoms with E-state index < -0.39 is 16.0 Å². The zero-order valence-corrected chi connectivity index (χ0v) is 12.9. The van der Waals surface area contributed by atoms with Crippen molar-refractivity contribution >= 4 is 31.9 Å². The number of halogens is 1. The zero-order chi connectivity index (χ0) is 14.6. The van der Waals surface area contributed by atoms with Gasteiger partial charge in [-0.05, 0) is 48.0 Å². The van der Waals surface area contributed by atoms with Gasteiger partial charge in [0, 0.05) is 11.0 Å². The summed E-state index contributed by atoms with van der Waals surface area (Å²) in [4.78, 5) is 10.8. The Morgan fingerprint density at radius 3 is 2.53 bits per heavy atom. The molecule has 19 heavy (non-hydrogen) atoms. The molecular formula is C12H14BrNO4S. The van der Waals surface area contributed by atoms with Crippen LogP contribution in [0.15, 0.2) is 39.2 Å². The number of rotatable bonds is 5. The van der Waals surface area contributed by atoms with Crippen LogP contribution in [0.1, 0.15) is 24.2 Å². The van der Waals surface area contributed by atoms with Crippen molar-refractivity contribution in [3.8, 4) is 0 Å². The molecule has 0 fully saturated rings. The molecule has 104 valence electrons. The SMILES string of the molecule is CC(C)=CCNS(=O)(=O)c1ccc(C(=O)O)cc1Br. The van der Waals surface area contributed by atoms with Crippen LogP contribution in [0.3, 0.4) is 0 Å². The van der Waals surface area contributed by atoms with Gasteiger partial charge in [-0.25, -0.2) is 17.9 Å². The first-order valence-corrected chi connectivity index (χ1v) is 7.67. The van der Waals surface area contributed by atoms with E-state index in [0.29, 0.717) is 0 Å². The summed E-state index contributed by atoms with van der Waals surface area (Å²) in [6.45, 7) is 3.93. The van der Waals surface area contributed by atoms with Gasteiger partial charge in [0.15, 0.2) is 0 Å². The highest BCUT2D eigenvalue weighted by atomic mass is 79.9. The first-order chi connectivity index (χ1) is 8.74. The van der Waals surface area contributed by atoms with Gasteiger partial charge in [-0.15, -0.1) is 0 Å². The van der Waals surface area contributed by atoms with Gasteiger partial charge in [-0.1, -0.05) is 11.6 Å². The number of carbonyl (C=O) groups is 1. The lowest BCUT2D eigenvalue weighted by Gasteiger charge is -2.07. The zero-order valence-electron chi connectivity index (χ0n) is 10.5. The fourth-order valence-corrected chi connectivity index (χ4v) is 3.32. The number of allylic oxidation sites excluding steroid dienone is 1. The second kappa shape index (κ2) is 6.31. The molecule has 0 bridgehead atoms. The molecule has 0 heterocycles. The Morgan fingerprint density at radius 2 is 2.05 bits per heavy atom. The van der Waals surface area contributed by atoms with Crippen LogP contribution in [0, 0.1) is 0 Å². The molecule has 7 heteroatoms. The summed E-state index contributed by atoms with van der Waals surface area (Å²) in [6, 6.07) is 3.78. The minimum atomic E-state index is -3.66. The van der Waals surface area contributed by atoms with Gasteiger partial charge in [0.1, 0.15) is 0 Å². The number of hydrogen-bond donors (Lipinski definition) is 2. The summed E-state index contributed by atoms with van der Waals surface area (Å²) in [5.41, 5.74) is 1.03. The van der Waals surface area contributed by atoms with Gasteiger partial charge < -0.3 is 5.11 Å². The predicted molar refractivity (Wildman–Crippen MR) is 75.7 cm³/mol. The van der Waals surface area contributed by atoms with E-state index in [-0.39, 0.29) is 21.5 Å². The van der Waals surface area contributed by atoms with Crippen molar-refractivity contribution in [2.45, 2.75) is 18.7 Å². The average Bonchev–Trinajstić information content (AvgIpc) is 2.27. The minimum Gasteiger partial charge on any atom is -0.478 e. The Balaban J connectivity index is 3.02. The van der Waals surface area contributed by atoms with Gasteiger partial charge in [0.05, 0.1) is 10.5 Å². The van der Waals surface area contributed by atoms with Crippen LogP contribution in [0.25, 0.3) is 0 Å². The molecule has 1 aromatic carbocycles. The molecule has 0 atom stereocenters. The van der Waals surface area contributed by atoms with Gasteiger partial charge in [0.25, 0.3) is 0 Å². The van der Waals surface area contributed by atoms with Crippen molar-refractivity contribution in [1.82, 2.24) is 4.72 Å². The quantitative estimate of drug-likeness (QED) is 0.801. The Bertz CT molecular complexity index is 619. The first kappa shape index (κ1) is 15.9. The van der Waals surface area contributed by atoms with Crippen molar-refractivity contribution in [3.63, 3.8) is 0 Å². The van der Waals surface area contributed by atoms with Crippen molar-refractivity contribution in [1.29, 1.82) is 0 Å². The molecule has 0 aliphatic carbocycles. The van der Waals surface area contributed by atoms with Crippen molar-refractivity contribution in [3.05, 3.63) is 39.9 Å². The van der Waals surface area contributed by atoms with Crippen LogP contribution < -0.4 is 4.72 Å². The number of hydrogen-bond acceptors (Lipinski definition) is 3. The van der Waals surface area contributed by atoms with Crippen LogP contribution in [0.2, 0.25) is 0 Å². The van der Waals surface area contributed by atoms with Gasteiger partial charge >= 0.3 is 5.97 Å². The third kappa shape index (κ3) is 4.45. The highest BCUT2D eigenvalue weighted by Crippen LogP contribution is 2.23. The molecule has 0 radical (unpaired) electrons. The van der Waals surface area contributed by atoms with Crippen LogP contribution in [-0.2, 0) is 10.0 Å². The minimum absolute atomic E-state index is 0.0136. The van der Waals surface area contributed by atoms with E-state index in [0.717, 1.165) is 5.57 Å². The summed E-state index contributed by atoms with van der Waals surface area (Å²) in [7, 11) is -3.66. The summed E-state index contributed by atoms with van der Waals surface area (Å²) in [5, 5.41) is 8.81. The fourth-order valence-electron chi connectivity index (χ4n) is 1.29. The van der Waals surface area contributed by atoms with Gasteiger partial charge in [-0.2, -0.15) is 0 Å². The highest BCUT2D eigenvalue weighted by molar-refractivity contribution is 9.10. The number of carboxylic acid groups (broad SMARTS) is 1. The van der Waals surface area contributed by atoms with Gasteiger partial charge in [0.2, 0.25) is 10.0 Å². The van der Waals surface area contributed by atoms with Crippen LogP contribution in [0.5, 0.6) is 0 Å². The standard InChI is InChI=1S/C12H14BrNO4S/c1-8(2)5-6-14-19(17,18)11-4-3-9(12(15)16)7-10(11)13/h3-5,7,14H,6H2,1-2H3,(H,15,16). The van der Waals surface area contributed by atoms with Crippen LogP contribution >= 0.6 is 15.9 Å². The third-order valence-electron chi connectivity index (χ3n) is 2.25. The van der Waals surface area contributed by atoms with E-state index >= 15 is 0 Å². The molecule has 1 rings (SSSR count). The lowest BCUT2D eigenvalue weighted by Crippen LogP contribution is -2.24. The molecule has 0 amide bonds. The molecule has 0 saturated heterocycles. The Hall–Kier alpha value is -1.18. The average molecular weight is 348 g/mol. The van der Waals surface area contributed by atoms with E-state index in [1.807, 2.05) is 13.8 Å². The highest BCUT2D eigenvalue weighted by Gasteiger charge is 2.18. The second-order valence-electron chi connectivity index (χ2n) is 4.08. The van der Waals surface area contributed by atoms with Crippen LogP contribution in [0.4, 0.5) is 0 Å². The maximum atomic E-state index is 12.0. The summed E-state index contributed by atoms with van der Waals surface area (Å²) in [6.07, 6.45) is 1.75. The molecule has 0 aliphatic rings. The van der Waals surface area contributed by atoms with Crippen molar-refractivity contribution in [2.24, 2.45) is 0 Å². The number of benzene rings is 1. The molecule has 0 aromatic heterocycles. The molecule has 0 spiro atoms. The molecule has 5 nitrogen and oxygen atoms in total. The Kier molecular flexibility index (Phi) is 5.28. The maximum absolute atomic E-state index is 12.0. The number of aromatic carboxylic acids is 1. The maximum Gasteiger partial charge on any atom is 0.335 e. The number of nitrogens with one attached hydrogen (secondary N) is 1. The molecule has 1 aromatic rings. The van der Waals surface area contributed by atoms with Crippen LogP contribution in [-0.4, -0.2) is 26.0 Å². The van der Waals surface area contributed by atoms with E-state index in [9.17, 15) is 13.2 Å². The van der Waals surface area contributed by atoms with E-state index in [1.165, 1.54) is 18.2 Å². The first-order valence-electron chi connectivity index (χ1n) is 5.40. The topological polar surface area (TPSA) is 83.5 Å². The second-order valence-corrected chi connectivity index (χ2v) is 6.67. The summed E-state index contributed by atoms with van der Waals surface area (Å²) in [5.74, 6) is -1.11. The number of sulfonamides is 1. The molecule has 0 saturated carbocycles. The molecular weight excluding hydrogens is 334 g/mol. The Labute approximate surface area is 120 Å². The largest absolute Gasteiger partial charge is 0.478 e. The van der Waals surface area contributed by atoms with E-state index in [1.54, 1.807) is 6.08 Å². The fraction of sp³-hybridized carbons (Fsp3) is 0.250. The monoisotopic (exact) mass is 347 g/mol. The number of carboxylic acids is 1.